The van der Waals surface area contributed by atoms with Gasteiger partial charge in [-0.2, -0.15) is 0 Å². The van der Waals surface area contributed by atoms with E-state index in [4.69, 9.17) is 4.42 Å². The monoisotopic (exact) mass is 574 g/mol. The molecule has 0 bridgehead atoms. The third kappa shape index (κ3) is 4.90. The zero-order chi connectivity index (χ0) is 29.7. The Morgan fingerprint density at radius 3 is 1.77 bits per heavy atom. The lowest BCUT2D eigenvalue weighted by atomic mass is 9.96. The van der Waals surface area contributed by atoms with E-state index in [0.717, 1.165) is 27.5 Å². The average molecular weight is 575 g/mol. The third-order valence-corrected chi connectivity index (χ3v) is 10.6. The molecular formula is C40H36NOSi+. The summed E-state index contributed by atoms with van der Waals surface area (Å²) in [6, 6.07) is 43.7. The molecule has 43 heavy (non-hydrogen) atoms. The maximum Gasteiger partial charge on any atom is 0.216 e. The normalized spacial score (nSPS) is 11.8. The van der Waals surface area contributed by atoms with Crippen LogP contribution in [-0.4, -0.2) is 8.07 Å². The Labute approximate surface area is 254 Å². The molecule has 0 N–H and O–H groups in total. The van der Waals surface area contributed by atoms with Crippen LogP contribution in [0.4, 0.5) is 0 Å². The number of pyridine rings is 1. The first-order chi connectivity index (χ1) is 20.8. The van der Waals surface area contributed by atoms with E-state index in [1.165, 1.54) is 49.8 Å². The maximum absolute atomic E-state index is 6.51. The van der Waals surface area contributed by atoms with Gasteiger partial charge >= 0.3 is 0 Å². The van der Waals surface area contributed by atoms with Crippen molar-refractivity contribution in [1.29, 1.82) is 0 Å². The number of furan rings is 1. The van der Waals surface area contributed by atoms with Crippen LogP contribution in [0.2, 0.25) is 19.6 Å². The molecule has 0 aliphatic heterocycles. The Balaban J connectivity index is 1.33. The predicted molar refractivity (Wildman–Crippen MR) is 184 cm³/mol. The average Bonchev–Trinajstić information content (AvgIpc) is 3.40. The summed E-state index contributed by atoms with van der Waals surface area (Å²) in [5.41, 5.74) is 12.9. The van der Waals surface area contributed by atoms with E-state index in [2.05, 4.69) is 160 Å². The highest BCUT2D eigenvalue weighted by Crippen LogP contribution is 2.38. The fraction of sp³-hybridized carbons (Fsp3) is 0.125. The van der Waals surface area contributed by atoms with Crippen LogP contribution in [0.5, 0.6) is 0 Å². The van der Waals surface area contributed by atoms with Crippen molar-refractivity contribution < 1.29 is 8.98 Å². The first kappa shape index (κ1) is 27.1. The van der Waals surface area contributed by atoms with Gasteiger partial charge in [-0.15, -0.1) is 0 Å². The molecular weight excluding hydrogens is 539 g/mol. The number of rotatable bonds is 5. The predicted octanol–water partition coefficient (Wildman–Crippen LogP) is 9.93. The van der Waals surface area contributed by atoms with Gasteiger partial charge in [-0.1, -0.05) is 129 Å². The van der Waals surface area contributed by atoms with Crippen LogP contribution in [0.25, 0.3) is 66.6 Å². The van der Waals surface area contributed by atoms with Crippen LogP contribution < -0.4 is 9.75 Å². The second-order valence-electron chi connectivity index (χ2n) is 12.6. The molecule has 0 unspecified atom stereocenters. The molecule has 0 aliphatic carbocycles. The summed E-state index contributed by atoms with van der Waals surface area (Å²) in [4.78, 5) is 0. The van der Waals surface area contributed by atoms with Crippen molar-refractivity contribution in [3.05, 3.63) is 133 Å². The van der Waals surface area contributed by atoms with Crippen LogP contribution in [0, 0.1) is 6.92 Å². The fourth-order valence-corrected chi connectivity index (χ4v) is 7.87. The highest BCUT2D eigenvalue weighted by Gasteiger charge is 2.28. The van der Waals surface area contributed by atoms with Crippen LogP contribution in [-0.2, 0) is 7.05 Å². The minimum atomic E-state index is -1.67. The molecule has 0 fully saturated rings. The number of nitrogens with zero attached hydrogens (tertiary/aromatic N) is 1. The molecule has 7 aromatic rings. The van der Waals surface area contributed by atoms with E-state index in [1.807, 2.05) is 6.07 Å². The lowest BCUT2D eigenvalue weighted by Gasteiger charge is -2.21. The smallest absolute Gasteiger partial charge is 0.216 e. The van der Waals surface area contributed by atoms with E-state index in [0.29, 0.717) is 0 Å². The largest absolute Gasteiger partial charge is 0.455 e. The van der Waals surface area contributed by atoms with Gasteiger partial charge in [0.05, 0.1) is 13.6 Å². The second-order valence-corrected chi connectivity index (χ2v) is 17.6. The van der Waals surface area contributed by atoms with E-state index in [9.17, 15) is 0 Å². The molecule has 3 heteroatoms. The Bertz CT molecular complexity index is 2100. The molecule has 210 valence electrons. The Kier molecular flexibility index (Phi) is 6.63. The molecule has 0 radical (unpaired) electrons. The molecule has 2 aromatic heterocycles. The van der Waals surface area contributed by atoms with Crippen molar-refractivity contribution in [3.8, 4) is 44.6 Å². The summed E-state index contributed by atoms with van der Waals surface area (Å²) < 4.78 is 8.81. The quantitative estimate of drug-likeness (QED) is 0.148. The standard InChI is InChI=1S/C40H36NOSi/c1-27-15-24-34-33-13-9-10-14-37(33)42-40(34)39(27)36-25-35(38(26-41(36)2)43(3,4)5)32-22-20-31(21-23-32)30-18-16-29(17-19-30)28-11-7-6-8-12-28/h6-26H,1-5H3/q+1. The Morgan fingerprint density at radius 1 is 0.581 bits per heavy atom. The highest BCUT2D eigenvalue weighted by molar-refractivity contribution is 6.89. The first-order valence-corrected chi connectivity index (χ1v) is 18.5. The summed E-state index contributed by atoms with van der Waals surface area (Å²) in [6.07, 6.45) is 2.37. The SMILES string of the molecule is Cc1ccc2c(oc3ccccc32)c1-c1cc(-c2ccc(-c3ccc(-c4ccccc4)cc3)cc2)c([Si](C)(C)C)c[n+]1C. The number of hydrogen-bond acceptors (Lipinski definition) is 1. The van der Waals surface area contributed by atoms with Gasteiger partial charge in [0.2, 0.25) is 5.69 Å². The summed E-state index contributed by atoms with van der Waals surface area (Å²) in [7, 11) is 0.503. The van der Waals surface area contributed by atoms with Crippen molar-refractivity contribution in [2.24, 2.45) is 7.05 Å². The zero-order valence-corrected chi connectivity index (χ0v) is 26.5. The lowest BCUT2D eigenvalue weighted by Crippen LogP contribution is -2.46. The molecule has 0 spiro atoms. The number of aryl methyl sites for hydroxylation is 2. The number of benzene rings is 5. The molecule has 2 heterocycles. The Morgan fingerprint density at radius 2 is 1.14 bits per heavy atom. The molecule has 2 nitrogen and oxygen atoms in total. The number of aromatic nitrogens is 1. The maximum atomic E-state index is 6.51. The van der Waals surface area contributed by atoms with Crippen molar-refractivity contribution in [2.45, 2.75) is 26.6 Å². The van der Waals surface area contributed by atoms with Gasteiger partial charge in [0.25, 0.3) is 0 Å². The van der Waals surface area contributed by atoms with E-state index in [1.54, 1.807) is 0 Å². The molecule has 5 aromatic carbocycles. The van der Waals surface area contributed by atoms with Gasteiger partial charge in [0.15, 0.2) is 6.20 Å². The molecule has 0 atom stereocenters. The minimum Gasteiger partial charge on any atom is -0.455 e. The molecule has 0 saturated heterocycles. The van der Waals surface area contributed by atoms with Crippen molar-refractivity contribution in [3.63, 3.8) is 0 Å². The van der Waals surface area contributed by atoms with Gasteiger partial charge in [0, 0.05) is 22.0 Å². The van der Waals surface area contributed by atoms with Gasteiger partial charge in [-0.05, 0) is 51.9 Å². The molecule has 7 rings (SSSR count). The zero-order valence-electron chi connectivity index (χ0n) is 25.5. The van der Waals surface area contributed by atoms with Gasteiger partial charge in [-0.25, -0.2) is 4.57 Å². The fourth-order valence-electron chi connectivity index (χ4n) is 6.27. The van der Waals surface area contributed by atoms with Crippen molar-refractivity contribution in [2.75, 3.05) is 0 Å². The van der Waals surface area contributed by atoms with Crippen molar-refractivity contribution >= 4 is 35.2 Å². The summed E-state index contributed by atoms with van der Waals surface area (Å²) in [6.45, 7) is 9.48. The van der Waals surface area contributed by atoms with Crippen molar-refractivity contribution in [1.82, 2.24) is 0 Å². The third-order valence-electron chi connectivity index (χ3n) is 8.61. The number of para-hydroxylation sites is 1. The summed E-state index contributed by atoms with van der Waals surface area (Å²) in [5.74, 6) is 0. The molecule has 0 saturated carbocycles. The van der Waals surface area contributed by atoms with Crippen LogP contribution in [0.3, 0.4) is 0 Å². The Hall–Kier alpha value is -4.73. The van der Waals surface area contributed by atoms with E-state index in [-0.39, 0.29) is 0 Å². The lowest BCUT2D eigenvalue weighted by molar-refractivity contribution is -0.659. The van der Waals surface area contributed by atoms with E-state index < -0.39 is 8.07 Å². The first-order valence-electron chi connectivity index (χ1n) is 15.0. The van der Waals surface area contributed by atoms with Crippen LogP contribution in [0.15, 0.2) is 132 Å². The molecule has 0 amide bonds. The topological polar surface area (TPSA) is 17.0 Å². The number of hydrogen-bond donors (Lipinski definition) is 0. The van der Waals surface area contributed by atoms with Gasteiger partial charge in [0.1, 0.15) is 18.2 Å². The minimum absolute atomic E-state index is 0.929. The van der Waals surface area contributed by atoms with Crippen LogP contribution in [0.1, 0.15) is 5.56 Å². The van der Waals surface area contributed by atoms with Crippen LogP contribution >= 0.6 is 0 Å². The summed E-state index contributed by atoms with van der Waals surface area (Å²) >= 11 is 0. The van der Waals surface area contributed by atoms with Gasteiger partial charge < -0.3 is 4.42 Å². The number of fused-ring (bicyclic) bond motifs is 3. The highest BCUT2D eigenvalue weighted by atomic mass is 28.3. The van der Waals surface area contributed by atoms with Gasteiger partial charge in [-0.3, -0.25) is 0 Å². The summed E-state index contributed by atoms with van der Waals surface area (Å²) in [5, 5.41) is 3.77. The molecule has 0 aliphatic rings. The van der Waals surface area contributed by atoms with E-state index >= 15 is 0 Å². The second kappa shape index (κ2) is 10.5.